The van der Waals surface area contributed by atoms with E-state index in [1.165, 1.54) is 48.6 Å². The molecule has 0 unspecified atom stereocenters. The van der Waals surface area contributed by atoms with Crippen LogP contribution in [0.15, 0.2) is 140 Å². The van der Waals surface area contributed by atoms with Gasteiger partial charge in [0, 0.05) is 37.2 Å². The quantitative estimate of drug-likeness (QED) is 0.123. The van der Waals surface area contributed by atoms with Crippen molar-refractivity contribution in [3.63, 3.8) is 0 Å². The minimum atomic E-state index is -1.34. The number of hydrogen-bond acceptors (Lipinski definition) is 3. The standard InChI is InChI=1S/C29H17FNS.C17H22NSi.Ir/c30-23-12-9-20(10-13-23)21-11-14-24-25-7-4-8-26(29(25)32-28(24)18-21)27-17-22(15-16-31-27)19-5-2-1-3-6-19;1-13(2)15-11-16(14-9-7-6-8-10-14)18-12-17(15)19(3,4)5;/h1-7,9-18H;6-9,11-13H,1-5H3;/q2*-1;. The third-order valence-corrected chi connectivity index (χ3v) is 12.3. The molecule has 0 spiro atoms. The fourth-order valence-electron chi connectivity index (χ4n) is 6.41. The summed E-state index contributed by atoms with van der Waals surface area (Å²) in [6, 6.07) is 48.7. The molecule has 3 aromatic heterocycles. The molecular formula is C46H39FIrN2SSi-2. The molecule has 0 amide bonds. The van der Waals surface area contributed by atoms with Gasteiger partial charge in [-0.25, -0.2) is 4.39 Å². The minimum absolute atomic E-state index is 0. The Hall–Kier alpha value is -4.58. The summed E-state index contributed by atoms with van der Waals surface area (Å²) in [4.78, 5) is 9.33. The van der Waals surface area contributed by atoms with Gasteiger partial charge in [-0.05, 0) is 79.1 Å². The van der Waals surface area contributed by atoms with Crippen LogP contribution in [0, 0.1) is 17.9 Å². The second-order valence-corrected chi connectivity index (χ2v) is 20.1. The Morgan fingerprint density at radius 1 is 0.654 bits per heavy atom. The van der Waals surface area contributed by atoms with Crippen molar-refractivity contribution < 1.29 is 24.5 Å². The van der Waals surface area contributed by atoms with Crippen LogP contribution in [-0.4, -0.2) is 18.0 Å². The zero-order valence-electron chi connectivity index (χ0n) is 29.9. The first-order valence-electron chi connectivity index (χ1n) is 17.3. The summed E-state index contributed by atoms with van der Waals surface area (Å²) in [5.41, 5.74) is 9.89. The maximum Gasteiger partial charge on any atom is 0.123 e. The Balaban J connectivity index is 0.000000200. The molecule has 5 aromatic carbocycles. The van der Waals surface area contributed by atoms with Crippen LogP contribution in [0.25, 0.3) is 64.9 Å². The van der Waals surface area contributed by atoms with E-state index >= 15 is 0 Å². The molecule has 0 saturated heterocycles. The summed E-state index contributed by atoms with van der Waals surface area (Å²) in [5.74, 6) is 0.314. The largest absolute Gasteiger partial charge is 0.305 e. The van der Waals surface area contributed by atoms with Crippen molar-refractivity contribution in [2.75, 3.05) is 0 Å². The zero-order valence-corrected chi connectivity index (χ0v) is 34.1. The van der Waals surface area contributed by atoms with Gasteiger partial charge in [-0.3, -0.25) is 0 Å². The molecule has 6 heteroatoms. The van der Waals surface area contributed by atoms with Crippen LogP contribution in [0.1, 0.15) is 25.3 Å². The first kappa shape index (κ1) is 37.2. The maximum absolute atomic E-state index is 13.3. The van der Waals surface area contributed by atoms with Gasteiger partial charge in [0.05, 0.1) is 8.07 Å². The van der Waals surface area contributed by atoms with Gasteiger partial charge in [0.15, 0.2) is 0 Å². The van der Waals surface area contributed by atoms with E-state index in [-0.39, 0.29) is 25.9 Å². The van der Waals surface area contributed by atoms with Gasteiger partial charge in [0.25, 0.3) is 0 Å². The van der Waals surface area contributed by atoms with Gasteiger partial charge in [-0.2, -0.15) is 11.3 Å². The average Bonchev–Trinajstić information content (AvgIpc) is 3.54. The smallest absolute Gasteiger partial charge is 0.123 e. The van der Waals surface area contributed by atoms with Gasteiger partial charge in [0.2, 0.25) is 0 Å². The SMILES string of the molecule is CC(C)c1cc(-c2[c-]cccc2)ncc1[Si](C)(C)C.Fc1ccc(-c2ccc3c(c2)sc2c(-c4cc(-c5ccccc5)ccn4)[c-]ccc23)cc1.[Ir]. The van der Waals surface area contributed by atoms with Crippen molar-refractivity contribution in [3.8, 4) is 44.8 Å². The summed E-state index contributed by atoms with van der Waals surface area (Å²) < 4.78 is 15.7. The fourth-order valence-corrected chi connectivity index (χ4v) is 9.33. The number of pyridine rings is 2. The van der Waals surface area contributed by atoms with Gasteiger partial charge in [-0.1, -0.05) is 111 Å². The predicted octanol–water partition coefficient (Wildman–Crippen LogP) is 12.6. The molecule has 52 heavy (non-hydrogen) atoms. The third-order valence-electron chi connectivity index (χ3n) is 9.08. The molecule has 1 radical (unpaired) electrons. The summed E-state index contributed by atoms with van der Waals surface area (Å²) in [6.07, 6.45) is 3.96. The Kier molecular flexibility index (Phi) is 11.4. The number of rotatable bonds is 6. The molecule has 2 nitrogen and oxygen atoms in total. The van der Waals surface area contributed by atoms with E-state index in [1.807, 2.05) is 66.9 Å². The van der Waals surface area contributed by atoms with Crippen molar-refractivity contribution in [3.05, 3.63) is 163 Å². The van der Waals surface area contributed by atoms with Crippen LogP contribution >= 0.6 is 11.3 Å². The van der Waals surface area contributed by atoms with E-state index in [2.05, 4.69) is 116 Å². The number of aromatic nitrogens is 2. The molecule has 0 aliphatic carbocycles. The zero-order chi connectivity index (χ0) is 35.5. The van der Waals surface area contributed by atoms with Crippen molar-refractivity contribution in [1.82, 2.24) is 9.97 Å². The van der Waals surface area contributed by atoms with Gasteiger partial charge >= 0.3 is 0 Å². The Morgan fingerprint density at radius 2 is 1.37 bits per heavy atom. The molecule has 3 heterocycles. The van der Waals surface area contributed by atoms with Crippen LogP contribution in [-0.2, 0) is 20.1 Å². The van der Waals surface area contributed by atoms with Gasteiger partial charge < -0.3 is 9.97 Å². The molecule has 0 N–H and O–H groups in total. The van der Waals surface area contributed by atoms with E-state index in [0.717, 1.165) is 39.2 Å². The van der Waals surface area contributed by atoms with Crippen LogP contribution in [0.3, 0.4) is 0 Å². The van der Waals surface area contributed by atoms with E-state index in [9.17, 15) is 4.39 Å². The average molecular weight is 891 g/mol. The first-order valence-corrected chi connectivity index (χ1v) is 21.6. The van der Waals surface area contributed by atoms with Crippen molar-refractivity contribution >= 4 is 44.8 Å². The minimum Gasteiger partial charge on any atom is -0.305 e. The second-order valence-electron chi connectivity index (χ2n) is 14.0. The number of benzene rings is 5. The number of fused-ring (bicyclic) bond motifs is 3. The molecular weight excluding hydrogens is 852 g/mol. The Bertz CT molecular complexity index is 2440. The molecule has 0 fully saturated rings. The summed E-state index contributed by atoms with van der Waals surface area (Å²) >= 11 is 1.75. The summed E-state index contributed by atoms with van der Waals surface area (Å²) in [7, 11) is -1.34. The summed E-state index contributed by atoms with van der Waals surface area (Å²) in [6.45, 7) is 11.7. The fraction of sp³-hybridized carbons (Fsp3) is 0.130. The third kappa shape index (κ3) is 8.06. The number of halogens is 1. The number of thiophene rings is 1. The first-order chi connectivity index (χ1) is 24.7. The molecule has 0 aliphatic heterocycles. The second kappa shape index (κ2) is 16.0. The normalized spacial score (nSPS) is 11.3. The van der Waals surface area contributed by atoms with Crippen molar-refractivity contribution in [2.45, 2.75) is 39.4 Å². The van der Waals surface area contributed by atoms with Crippen LogP contribution in [0.2, 0.25) is 19.6 Å². The molecule has 261 valence electrons. The topological polar surface area (TPSA) is 25.8 Å². The van der Waals surface area contributed by atoms with Crippen molar-refractivity contribution in [1.29, 1.82) is 0 Å². The van der Waals surface area contributed by atoms with Crippen LogP contribution < -0.4 is 5.19 Å². The predicted molar refractivity (Wildman–Crippen MR) is 218 cm³/mol. The maximum atomic E-state index is 13.3. The van der Waals surface area contributed by atoms with Gasteiger partial charge in [0.1, 0.15) is 5.82 Å². The molecule has 0 aliphatic rings. The van der Waals surface area contributed by atoms with Crippen LogP contribution in [0.5, 0.6) is 0 Å². The Labute approximate surface area is 324 Å². The van der Waals surface area contributed by atoms with E-state index in [1.54, 1.807) is 11.3 Å². The number of hydrogen-bond donors (Lipinski definition) is 0. The van der Waals surface area contributed by atoms with Gasteiger partial charge in [-0.15, -0.1) is 59.7 Å². The molecule has 0 saturated carbocycles. The molecule has 8 aromatic rings. The van der Waals surface area contributed by atoms with Crippen molar-refractivity contribution in [2.24, 2.45) is 0 Å². The van der Waals surface area contributed by atoms with E-state index in [4.69, 9.17) is 0 Å². The molecule has 0 bridgehead atoms. The molecule has 8 rings (SSSR count). The van der Waals surface area contributed by atoms with E-state index < -0.39 is 8.07 Å². The van der Waals surface area contributed by atoms with Crippen LogP contribution in [0.4, 0.5) is 4.39 Å². The number of nitrogens with zero attached hydrogens (tertiary/aromatic N) is 2. The Morgan fingerprint density at radius 3 is 2.08 bits per heavy atom. The molecule has 0 atom stereocenters. The van der Waals surface area contributed by atoms with E-state index in [0.29, 0.717) is 5.92 Å². The summed E-state index contributed by atoms with van der Waals surface area (Å²) in [5, 5.41) is 3.89. The monoisotopic (exact) mass is 891 g/mol.